The molecule has 0 radical (unpaired) electrons. The summed E-state index contributed by atoms with van der Waals surface area (Å²) in [4.78, 5) is 28.2. The fourth-order valence-corrected chi connectivity index (χ4v) is 3.56. The Labute approximate surface area is 164 Å². The molecule has 1 atom stereocenters. The first kappa shape index (κ1) is 19.7. The van der Waals surface area contributed by atoms with Crippen LogP contribution in [0.3, 0.4) is 0 Å². The molecule has 6 nitrogen and oxygen atoms in total. The summed E-state index contributed by atoms with van der Waals surface area (Å²) in [5, 5.41) is 2.69. The fraction of sp³-hybridized carbons (Fsp3) is 0.333. The average molecular weight is 384 g/mol. The number of urea groups is 1. The molecular weight excluding hydrogens is 359 g/mol. The highest BCUT2D eigenvalue weighted by atomic mass is 19.1. The van der Waals surface area contributed by atoms with Crippen molar-refractivity contribution in [1.82, 2.24) is 10.2 Å². The van der Waals surface area contributed by atoms with Crippen LogP contribution in [0.1, 0.15) is 23.6 Å². The summed E-state index contributed by atoms with van der Waals surface area (Å²) in [6, 6.07) is 12.9. The molecule has 28 heavy (non-hydrogen) atoms. The summed E-state index contributed by atoms with van der Waals surface area (Å²) in [5.41, 5.74) is 8.15. The first-order valence-corrected chi connectivity index (χ1v) is 9.34. The molecular formula is C21H25FN4O2. The Hall–Kier alpha value is -3.09. The lowest BCUT2D eigenvalue weighted by molar-refractivity contribution is -0.132. The minimum absolute atomic E-state index is 0.0271. The molecule has 0 saturated carbocycles. The first-order chi connectivity index (χ1) is 13.4. The molecule has 1 heterocycles. The highest BCUT2D eigenvalue weighted by Gasteiger charge is 2.25. The van der Waals surface area contributed by atoms with Gasteiger partial charge in [-0.15, -0.1) is 0 Å². The number of hydrogen-bond acceptors (Lipinski definition) is 3. The van der Waals surface area contributed by atoms with E-state index in [9.17, 15) is 14.0 Å². The smallest absolute Gasteiger partial charge is 0.312 e. The zero-order valence-corrected chi connectivity index (χ0v) is 15.9. The Bertz CT molecular complexity index is 833. The quantitative estimate of drug-likeness (QED) is 0.832. The maximum atomic E-state index is 13.1. The topological polar surface area (TPSA) is 78.7 Å². The number of hydrogen-bond donors (Lipinski definition) is 2. The molecule has 0 spiro atoms. The van der Waals surface area contributed by atoms with E-state index in [2.05, 4.69) is 10.2 Å². The fourth-order valence-electron chi connectivity index (χ4n) is 3.56. The molecule has 1 aliphatic rings. The number of carbonyl (C=O) groups is 2. The van der Waals surface area contributed by atoms with Crippen molar-refractivity contribution >= 4 is 17.6 Å². The van der Waals surface area contributed by atoms with E-state index >= 15 is 0 Å². The van der Waals surface area contributed by atoms with Crippen LogP contribution in [-0.2, 0) is 4.79 Å². The lowest BCUT2D eigenvalue weighted by Crippen LogP contribution is -2.49. The summed E-state index contributed by atoms with van der Waals surface area (Å²) in [6.07, 6.45) is 0.157. The molecule has 0 bridgehead atoms. The second kappa shape index (κ2) is 8.73. The van der Waals surface area contributed by atoms with Gasteiger partial charge in [0, 0.05) is 31.9 Å². The van der Waals surface area contributed by atoms with Gasteiger partial charge in [-0.2, -0.15) is 0 Å². The lowest BCUT2D eigenvalue weighted by Gasteiger charge is -2.36. The number of halogens is 1. The van der Waals surface area contributed by atoms with Crippen molar-refractivity contribution in [1.29, 1.82) is 0 Å². The molecule has 2 aromatic carbocycles. The number of nitrogens with zero attached hydrogens (tertiary/aromatic N) is 2. The second-order valence-corrected chi connectivity index (χ2v) is 6.97. The third kappa shape index (κ3) is 4.79. The molecule has 1 unspecified atom stereocenters. The van der Waals surface area contributed by atoms with Crippen molar-refractivity contribution in [3.63, 3.8) is 0 Å². The van der Waals surface area contributed by atoms with Crippen LogP contribution in [0.25, 0.3) is 0 Å². The van der Waals surface area contributed by atoms with E-state index in [4.69, 9.17) is 5.73 Å². The Morgan fingerprint density at radius 2 is 1.71 bits per heavy atom. The van der Waals surface area contributed by atoms with Crippen LogP contribution < -0.4 is 16.0 Å². The summed E-state index contributed by atoms with van der Waals surface area (Å²) < 4.78 is 13.1. The number of rotatable bonds is 5. The van der Waals surface area contributed by atoms with Gasteiger partial charge in [-0.1, -0.05) is 24.3 Å². The molecule has 1 aliphatic heterocycles. The first-order valence-electron chi connectivity index (χ1n) is 9.34. The Morgan fingerprint density at radius 3 is 2.32 bits per heavy atom. The zero-order valence-electron chi connectivity index (χ0n) is 15.9. The van der Waals surface area contributed by atoms with E-state index in [0.29, 0.717) is 26.2 Å². The Kier molecular flexibility index (Phi) is 6.13. The number of carbonyl (C=O) groups excluding carboxylic acids is 2. The monoisotopic (exact) mass is 384 g/mol. The normalized spacial score (nSPS) is 15.2. The lowest BCUT2D eigenvalue weighted by atomic mass is 9.98. The Balaban J connectivity index is 1.62. The van der Waals surface area contributed by atoms with E-state index in [-0.39, 0.29) is 18.1 Å². The minimum Gasteiger partial charge on any atom is -0.368 e. The standard InChI is InChI=1S/C21H25FN4O2/c1-15-4-2-3-5-18(15)19(24-21(23)28)14-20(27)26-12-10-25(11-13-26)17-8-6-16(22)7-9-17/h2-9,19H,10-14H2,1H3,(H3,23,24,28). The van der Waals surface area contributed by atoms with Crippen LogP contribution in [0.5, 0.6) is 0 Å². The number of nitrogens with one attached hydrogen (secondary N) is 1. The number of nitrogens with two attached hydrogens (primary N) is 1. The van der Waals surface area contributed by atoms with Gasteiger partial charge in [-0.3, -0.25) is 4.79 Å². The number of anilines is 1. The molecule has 0 aromatic heterocycles. The Morgan fingerprint density at radius 1 is 1.07 bits per heavy atom. The van der Waals surface area contributed by atoms with Crippen LogP contribution in [0.4, 0.5) is 14.9 Å². The summed E-state index contributed by atoms with van der Waals surface area (Å²) in [6.45, 7) is 4.45. The summed E-state index contributed by atoms with van der Waals surface area (Å²) in [7, 11) is 0. The number of primary amides is 1. The van der Waals surface area contributed by atoms with E-state index in [1.54, 1.807) is 17.0 Å². The summed E-state index contributed by atoms with van der Waals surface area (Å²) in [5.74, 6) is -0.289. The average Bonchev–Trinajstić information content (AvgIpc) is 2.68. The molecule has 3 N–H and O–H groups in total. The van der Waals surface area contributed by atoms with Crippen LogP contribution in [0, 0.1) is 12.7 Å². The van der Waals surface area contributed by atoms with Crippen molar-refractivity contribution in [3.8, 4) is 0 Å². The van der Waals surface area contributed by atoms with Gasteiger partial charge in [0.1, 0.15) is 5.82 Å². The van der Waals surface area contributed by atoms with Crippen LogP contribution in [-0.4, -0.2) is 43.0 Å². The maximum Gasteiger partial charge on any atom is 0.312 e. The van der Waals surface area contributed by atoms with Gasteiger partial charge in [-0.25, -0.2) is 9.18 Å². The van der Waals surface area contributed by atoms with Crippen LogP contribution in [0.2, 0.25) is 0 Å². The van der Waals surface area contributed by atoms with E-state index in [0.717, 1.165) is 16.8 Å². The van der Waals surface area contributed by atoms with Gasteiger partial charge in [0.25, 0.3) is 0 Å². The van der Waals surface area contributed by atoms with Gasteiger partial charge < -0.3 is 20.9 Å². The van der Waals surface area contributed by atoms with Crippen molar-refractivity contribution in [2.75, 3.05) is 31.1 Å². The van der Waals surface area contributed by atoms with Crippen molar-refractivity contribution < 1.29 is 14.0 Å². The van der Waals surface area contributed by atoms with Crippen molar-refractivity contribution in [2.45, 2.75) is 19.4 Å². The maximum absolute atomic E-state index is 13.1. The minimum atomic E-state index is -0.651. The van der Waals surface area contributed by atoms with E-state index < -0.39 is 12.1 Å². The van der Waals surface area contributed by atoms with Crippen LogP contribution >= 0.6 is 0 Å². The number of aryl methyl sites for hydroxylation is 1. The largest absolute Gasteiger partial charge is 0.368 e. The third-order valence-electron chi connectivity index (χ3n) is 5.08. The zero-order chi connectivity index (χ0) is 20.1. The van der Waals surface area contributed by atoms with Crippen molar-refractivity contribution in [2.24, 2.45) is 5.73 Å². The van der Waals surface area contributed by atoms with Gasteiger partial charge >= 0.3 is 6.03 Å². The molecule has 1 saturated heterocycles. The highest BCUT2D eigenvalue weighted by Crippen LogP contribution is 2.23. The number of benzene rings is 2. The SMILES string of the molecule is Cc1ccccc1C(CC(=O)N1CCN(c2ccc(F)cc2)CC1)NC(N)=O. The van der Waals surface area contributed by atoms with Crippen LogP contribution in [0.15, 0.2) is 48.5 Å². The van der Waals surface area contributed by atoms with Crippen molar-refractivity contribution in [3.05, 3.63) is 65.5 Å². The highest BCUT2D eigenvalue weighted by molar-refractivity contribution is 5.79. The van der Waals surface area contributed by atoms with Gasteiger partial charge in [0.05, 0.1) is 12.5 Å². The van der Waals surface area contributed by atoms with Gasteiger partial charge in [0.15, 0.2) is 0 Å². The van der Waals surface area contributed by atoms with E-state index in [1.807, 2.05) is 31.2 Å². The molecule has 7 heteroatoms. The third-order valence-corrected chi connectivity index (χ3v) is 5.08. The molecule has 3 rings (SSSR count). The van der Waals surface area contributed by atoms with Gasteiger partial charge in [0.2, 0.25) is 5.91 Å². The molecule has 148 valence electrons. The number of piperazine rings is 1. The number of amides is 3. The van der Waals surface area contributed by atoms with Gasteiger partial charge in [-0.05, 0) is 42.3 Å². The predicted octanol–water partition coefficient (Wildman–Crippen LogP) is 2.58. The summed E-state index contributed by atoms with van der Waals surface area (Å²) >= 11 is 0. The molecule has 0 aliphatic carbocycles. The van der Waals surface area contributed by atoms with E-state index in [1.165, 1.54) is 12.1 Å². The molecule has 3 amide bonds. The predicted molar refractivity (Wildman–Crippen MR) is 106 cm³/mol. The molecule has 1 fully saturated rings. The second-order valence-electron chi connectivity index (χ2n) is 6.97. The molecule has 2 aromatic rings.